The number of amides is 5. The van der Waals surface area contributed by atoms with Crippen molar-refractivity contribution in [3.8, 4) is 0 Å². The molecule has 58 heavy (non-hydrogen) atoms. The van der Waals surface area contributed by atoms with Crippen molar-refractivity contribution in [3.05, 3.63) is 108 Å². The van der Waals surface area contributed by atoms with Gasteiger partial charge in [0.15, 0.2) is 0 Å². The van der Waals surface area contributed by atoms with Crippen molar-refractivity contribution in [1.29, 1.82) is 0 Å². The summed E-state index contributed by atoms with van der Waals surface area (Å²) in [5, 5.41) is 37.4. The molecule has 3 aromatic rings. The molecule has 7 N–H and O–H groups in total. The largest absolute Gasteiger partial charge is 0.445 e. The zero-order valence-electron chi connectivity index (χ0n) is 34.7. The Morgan fingerprint density at radius 2 is 0.931 bits per heavy atom. The van der Waals surface area contributed by atoms with E-state index in [0.29, 0.717) is 0 Å². The third-order valence-corrected chi connectivity index (χ3v) is 9.24. The number of carbonyl (C=O) groups excluding carboxylic acids is 5. The van der Waals surface area contributed by atoms with Crippen molar-refractivity contribution in [3.63, 3.8) is 0 Å². The second kappa shape index (κ2) is 22.5. The van der Waals surface area contributed by atoms with Crippen molar-refractivity contribution in [1.82, 2.24) is 26.6 Å². The van der Waals surface area contributed by atoms with Crippen LogP contribution in [0.2, 0.25) is 0 Å². The molecule has 14 heteroatoms. The van der Waals surface area contributed by atoms with Gasteiger partial charge in [-0.15, -0.1) is 0 Å². The first-order valence-electron chi connectivity index (χ1n) is 19.7. The predicted molar refractivity (Wildman–Crippen MR) is 220 cm³/mol. The zero-order valence-corrected chi connectivity index (χ0v) is 34.7. The van der Waals surface area contributed by atoms with Gasteiger partial charge < -0.3 is 46.3 Å². The lowest BCUT2D eigenvalue weighted by atomic mass is 9.90. The van der Waals surface area contributed by atoms with Crippen molar-refractivity contribution in [2.24, 2.45) is 11.8 Å². The summed E-state index contributed by atoms with van der Waals surface area (Å²) >= 11 is 0. The van der Waals surface area contributed by atoms with Crippen LogP contribution in [0.3, 0.4) is 0 Å². The number of aliphatic hydroxyl groups excluding tert-OH is 2. The van der Waals surface area contributed by atoms with Crippen molar-refractivity contribution < 1.29 is 43.7 Å². The van der Waals surface area contributed by atoms with E-state index in [0.717, 1.165) is 16.7 Å². The number of hydrogen-bond acceptors (Lipinski definition) is 9. The molecule has 5 amide bonds. The maximum absolute atomic E-state index is 14.0. The smallest absolute Gasteiger partial charge is 0.408 e. The number of benzene rings is 3. The Morgan fingerprint density at radius 3 is 1.33 bits per heavy atom. The van der Waals surface area contributed by atoms with Crippen LogP contribution in [0.15, 0.2) is 91.0 Å². The molecule has 0 radical (unpaired) electrons. The average molecular weight is 804 g/mol. The molecule has 14 nitrogen and oxygen atoms in total. The lowest BCUT2D eigenvalue weighted by Crippen LogP contribution is -2.62. The van der Waals surface area contributed by atoms with Crippen LogP contribution in [-0.2, 0) is 43.3 Å². The number of nitrogens with one attached hydrogen (secondary N) is 5. The van der Waals surface area contributed by atoms with E-state index in [1.807, 2.05) is 54.6 Å². The van der Waals surface area contributed by atoms with Crippen LogP contribution < -0.4 is 26.6 Å². The quantitative estimate of drug-likeness (QED) is 0.0929. The minimum absolute atomic E-state index is 0.00148. The van der Waals surface area contributed by atoms with Gasteiger partial charge in [0.05, 0.1) is 12.1 Å². The fourth-order valence-electron chi connectivity index (χ4n) is 6.06. The van der Waals surface area contributed by atoms with Gasteiger partial charge in [-0.2, -0.15) is 0 Å². The number of ether oxygens (including phenoxy) is 2. The molecule has 0 aliphatic heterocycles. The molecular formula is C44H61N5O9. The lowest BCUT2D eigenvalue weighted by Gasteiger charge is -2.35. The summed E-state index contributed by atoms with van der Waals surface area (Å²) in [6.45, 7) is 13.5. The summed E-state index contributed by atoms with van der Waals surface area (Å²) in [6, 6.07) is 21.8. The van der Waals surface area contributed by atoms with Crippen molar-refractivity contribution in [2.75, 3.05) is 0 Å². The molecule has 0 unspecified atom stereocenters. The van der Waals surface area contributed by atoms with Crippen LogP contribution in [0, 0.1) is 11.8 Å². The van der Waals surface area contributed by atoms with Gasteiger partial charge in [0, 0.05) is 0 Å². The molecule has 3 rings (SSSR count). The maximum atomic E-state index is 14.0. The van der Waals surface area contributed by atoms with Gasteiger partial charge in [0.25, 0.3) is 0 Å². The minimum Gasteiger partial charge on any atom is -0.445 e. The van der Waals surface area contributed by atoms with Crippen molar-refractivity contribution in [2.45, 2.75) is 123 Å². The molecule has 0 heterocycles. The topological polar surface area (TPSA) is 204 Å². The first kappa shape index (κ1) is 46.9. The van der Waals surface area contributed by atoms with Crippen LogP contribution in [-0.4, -0.2) is 88.1 Å². The Bertz CT molecular complexity index is 1750. The SMILES string of the molecule is CC(C)[C@H](NC(=O)OCc1ccccc1)C(=O)N[C@@H](Cc1ccccc1)[C@@H](O)[C@H](O)[C@H](Cc1ccccc1)NC(=O)[C@@H](NC(=O)[C@H](C)NC(=O)OC(C)(C)C)C(C)C. The molecular weight excluding hydrogens is 743 g/mol. The van der Waals surface area contributed by atoms with Crippen LogP contribution in [0.5, 0.6) is 0 Å². The van der Waals surface area contributed by atoms with E-state index in [1.165, 1.54) is 6.92 Å². The molecule has 0 saturated heterocycles. The fourth-order valence-corrected chi connectivity index (χ4v) is 6.06. The van der Waals surface area contributed by atoms with Gasteiger partial charge in [0.1, 0.15) is 42.5 Å². The lowest BCUT2D eigenvalue weighted by molar-refractivity contribution is -0.132. The van der Waals surface area contributed by atoms with E-state index < -0.39 is 83.8 Å². The van der Waals surface area contributed by atoms with Crippen LogP contribution in [0.1, 0.15) is 72.1 Å². The predicted octanol–water partition coefficient (Wildman–Crippen LogP) is 4.17. The molecule has 7 atom stereocenters. The standard InChI is InChI=1S/C44H61N5O9/c1-27(2)35(48-39(52)29(5)45-43(56)58-44(6,7)8)40(53)46-33(24-30-18-12-9-13-19-30)37(50)38(51)34(25-31-20-14-10-15-21-31)47-41(54)36(28(3)4)49-42(55)57-26-32-22-16-11-17-23-32/h9-23,27-29,33-38,50-51H,24-26H2,1-8H3,(H,45,56)(H,46,53)(H,47,54)(H,48,52)(H,49,55)/t29-,33-,34-,35-,36-,37+,38+/m0/s1. The molecule has 0 spiro atoms. The normalized spacial score (nSPS) is 15.1. The summed E-state index contributed by atoms with van der Waals surface area (Å²) in [7, 11) is 0. The Kier molecular flexibility index (Phi) is 18.2. The third kappa shape index (κ3) is 15.8. The summed E-state index contributed by atoms with van der Waals surface area (Å²) in [6.07, 6.45) is -4.71. The van der Waals surface area contributed by atoms with Gasteiger partial charge in [0.2, 0.25) is 17.7 Å². The van der Waals surface area contributed by atoms with E-state index >= 15 is 0 Å². The number of rotatable bonds is 19. The molecule has 0 aliphatic carbocycles. The van der Waals surface area contributed by atoms with Gasteiger partial charge >= 0.3 is 12.2 Å². The zero-order chi connectivity index (χ0) is 43.0. The molecule has 0 aliphatic rings. The Morgan fingerprint density at radius 1 is 0.534 bits per heavy atom. The molecule has 0 bridgehead atoms. The second-order valence-corrected chi connectivity index (χ2v) is 16.1. The van der Waals surface area contributed by atoms with E-state index in [4.69, 9.17) is 9.47 Å². The van der Waals surface area contributed by atoms with Crippen LogP contribution in [0.25, 0.3) is 0 Å². The highest BCUT2D eigenvalue weighted by Gasteiger charge is 2.38. The highest BCUT2D eigenvalue weighted by molar-refractivity contribution is 5.91. The van der Waals surface area contributed by atoms with Crippen LogP contribution in [0.4, 0.5) is 9.59 Å². The van der Waals surface area contributed by atoms with Crippen LogP contribution >= 0.6 is 0 Å². The first-order chi connectivity index (χ1) is 27.3. The van der Waals surface area contributed by atoms with E-state index in [1.54, 1.807) is 84.9 Å². The molecule has 316 valence electrons. The average Bonchev–Trinajstić information content (AvgIpc) is 3.17. The number of hydrogen-bond donors (Lipinski definition) is 7. The Hall–Kier alpha value is -5.47. The third-order valence-electron chi connectivity index (χ3n) is 9.24. The van der Waals surface area contributed by atoms with Gasteiger partial charge in [-0.25, -0.2) is 9.59 Å². The minimum atomic E-state index is -1.64. The first-order valence-corrected chi connectivity index (χ1v) is 19.7. The highest BCUT2D eigenvalue weighted by atomic mass is 16.6. The monoisotopic (exact) mass is 803 g/mol. The summed E-state index contributed by atoms with van der Waals surface area (Å²) in [5.41, 5.74) is 1.47. The summed E-state index contributed by atoms with van der Waals surface area (Å²) in [4.78, 5) is 66.2. The summed E-state index contributed by atoms with van der Waals surface area (Å²) in [5.74, 6) is -2.70. The van der Waals surface area contributed by atoms with Gasteiger partial charge in [-0.1, -0.05) is 119 Å². The Labute approximate surface area is 341 Å². The summed E-state index contributed by atoms with van der Waals surface area (Å²) < 4.78 is 10.6. The molecule has 0 aromatic heterocycles. The Balaban J connectivity index is 1.85. The number of carbonyl (C=O) groups is 5. The van der Waals surface area contributed by atoms with E-state index in [9.17, 15) is 34.2 Å². The maximum Gasteiger partial charge on any atom is 0.408 e. The molecule has 3 aromatic carbocycles. The fraction of sp³-hybridized carbons (Fsp3) is 0.477. The van der Waals surface area contributed by atoms with Crippen molar-refractivity contribution >= 4 is 29.9 Å². The number of alkyl carbamates (subject to hydrolysis) is 2. The molecule has 0 saturated carbocycles. The second-order valence-electron chi connectivity index (χ2n) is 16.1. The van der Waals surface area contributed by atoms with E-state index in [-0.39, 0.29) is 25.4 Å². The highest BCUT2D eigenvalue weighted by Crippen LogP contribution is 2.17. The number of aliphatic hydroxyl groups is 2. The van der Waals surface area contributed by atoms with E-state index in [2.05, 4.69) is 26.6 Å². The van der Waals surface area contributed by atoms with Gasteiger partial charge in [-0.05, 0) is 69.1 Å². The molecule has 0 fully saturated rings. The van der Waals surface area contributed by atoms with Gasteiger partial charge in [-0.3, -0.25) is 14.4 Å².